The molecule has 0 amide bonds. The fourth-order valence-electron chi connectivity index (χ4n) is 0.881. The molecule has 0 bridgehead atoms. The van der Waals surface area contributed by atoms with Gasteiger partial charge in [0.15, 0.2) is 0 Å². The maximum Gasteiger partial charge on any atom is 0.150 e. The van der Waals surface area contributed by atoms with E-state index in [1.165, 1.54) is 12.1 Å². The lowest BCUT2D eigenvalue weighted by Crippen LogP contribution is -2.08. The van der Waals surface area contributed by atoms with Crippen molar-refractivity contribution in [1.82, 2.24) is 0 Å². The Morgan fingerprint density at radius 2 is 1.93 bits per heavy atom. The lowest BCUT2D eigenvalue weighted by Gasteiger charge is -2.14. The Morgan fingerprint density at radius 3 is 2.40 bits per heavy atom. The van der Waals surface area contributed by atoms with Gasteiger partial charge >= 0.3 is 0 Å². The van der Waals surface area contributed by atoms with Gasteiger partial charge in [0.2, 0.25) is 0 Å². The molecule has 0 aliphatic rings. The van der Waals surface area contributed by atoms with Crippen molar-refractivity contribution >= 4 is 29.2 Å². The highest BCUT2D eigenvalue weighted by molar-refractivity contribution is 7.99. The molecule has 0 heterocycles. The molecule has 0 aliphatic carbocycles. The minimum Gasteiger partial charge on any atom is -0.277 e. The summed E-state index contributed by atoms with van der Waals surface area (Å²) in [4.78, 5) is 0. The second-order valence-electron chi connectivity index (χ2n) is 2.51. The van der Waals surface area contributed by atoms with E-state index >= 15 is 0 Å². The second kappa shape index (κ2) is 6.93. The monoisotopic (exact) mass is 251 g/mol. The Labute approximate surface area is 99.1 Å². The van der Waals surface area contributed by atoms with E-state index in [1.807, 2.05) is 13.8 Å². The lowest BCUT2D eigenvalue weighted by atomic mass is 10.2. The average Bonchev–Trinajstić information content (AvgIpc) is 2.25. The summed E-state index contributed by atoms with van der Waals surface area (Å²) >= 11 is 6.77. The van der Waals surface area contributed by atoms with Gasteiger partial charge in [0.25, 0.3) is 0 Å². The zero-order valence-corrected chi connectivity index (χ0v) is 10.8. The van der Waals surface area contributed by atoms with Crippen LogP contribution in [0.5, 0.6) is 0 Å². The molecule has 0 radical (unpaired) electrons. The van der Waals surface area contributed by atoms with E-state index in [-0.39, 0.29) is 5.69 Å². The molecule has 86 valence electrons. The molecule has 1 aromatic rings. The summed E-state index contributed by atoms with van der Waals surface area (Å²) < 4.78 is 13.9. The van der Waals surface area contributed by atoms with Gasteiger partial charge in [-0.25, -0.2) is 4.39 Å². The van der Waals surface area contributed by atoms with Crippen LogP contribution in [0, 0.1) is 12.7 Å². The van der Waals surface area contributed by atoms with Crippen LogP contribution in [0.3, 0.4) is 0 Å². The third-order valence-electron chi connectivity index (χ3n) is 1.61. The molecule has 1 aromatic carbocycles. The van der Waals surface area contributed by atoms with Crippen molar-refractivity contribution in [3.05, 3.63) is 28.5 Å². The molecule has 0 saturated carbocycles. The van der Waals surface area contributed by atoms with Crippen molar-refractivity contribution in [3.63, 3.8) is 0 Å². The Hall–Kier alpha value is -0.450. The number of hydrogen-bond acceptors (Lipinski definition) is 3. The standard InChI is InChI=1S/C8H9ClFNOS.C2H6/c1-5-3-7(10)8(4-6(5)9)11(12)13-2;1-2/h3-4,12H,1-2H3;1-2H3. The van der Waals surface area contributed by atoms with Crippen molar-refractivity contribution < 1.29 is 9.60 Å². The zero-order chi connectivity index (χ0) is 12.0. The number of aryl methyl sites for hydroxylation is 1. The summed E-state index contributed by atoms with van der Waals surface area (Å²) in [6.45, 7) is 5.70. The molecule has 15 heavy (non-hydrogen) atoms. The van der Waals surface area contributed by atoms with Crippen LogP contribution in [0.4, 0.5) is 10.1 Å². The fourth-order valence-corrected chi connectivity index (χ4v) is 1.38. The first-order valence-corrected chi connectivity index (χ1v) is 6.11. The number of nitrogens with zero attached hydrogens (tertiary/aromatic N) is 1. The Kier molecular flexibility index (Phi) is 6.72. The molecule has 5 heteroatoms. The first-order valence-electron chi connectivity index (χ1n) is 4.55. The van der Waals surface area contributed by atoms with Gasteiger partial charge in [-0.1, -0.05) is 25.4 Å². The van der Waals surface area contributed by atoms with E-state index in [9.17, 15) is 9.60 Å². The molecule has 0 unspecified atom stereocenters. The summed E-state index contributed by atoms with van der Waals surface area (Å²) in [7, 11) is 0. The molecular formula is C10H15ClFNOS. The van der Waals surface area contributed by atoms with Crippen LogP contribution < -0.4 is 4.47 Å². The van der Waals surface area contributed by atoms with Gasteiger partial charge in [0.05, 0.1) is 0 Å². The van der Waals surface area contributed by atoms with Gasteiger partial charge in [-0.05, 0) is 36.6 Å². The van der Waals surface area contributed by atoms with Crippen LogP contribution in [0.1, 0.15) is 19.4 Å². The minimum absolute atomic E-state index is 0.0723. The highest BCUT2D eigenvalue weighted by Crippen LogP contribution is 2.28. The smallest absolute Gasteiger partial charge is 0.150 e. The van der Waals surface area contributed by atoms with Crippen LogP contribution in [-0.4, -0.2) is 11.5 Å². The third kappa shape index (κ3) is 3.89. The van der Waals surface area contributed by atoms with Gasteiger partial charge in [-0.15, -0.1) is 0 Å². The molecule has 0 atom stereocenters. The second-order valence-corrected chi connectivity index (χ2v) is 3.63. The quantitative estimate of drug-likeness (QED) is 0.627. The molecule has 0 saturated heterocycles. The van der Waals surface area contributed by atoms with Gasteiger partial charge in [-0.2, -0.15) is 4.47 Å². The first kappa shape index (κ1) is 14.6. The van der Waals surface area contributed by atoms with Crippen molar-refractivity contribution in [2.45, 2.75) is 20.8 Å². The lowest BCUT2D eigenvalue weighted by molar-refractivity contribution is 0.328. The van der Waals surface area contributed by atoms with E-state index in [4.69, 9.17) is 11.6 Å². The van der Waals surface area contributed by atoms with E-state index in [0.29, 0.717) is 10.6 Å². The zero-order valence-electron chi connectivity index (χ0n) is 9.21. The van der Waals surface area contributed by atoms with Crippen molar-refractivity contribution in [1.29, 1.82) is 0 Å². The average molecular weight is 252 g/mol. The maximum absolute atomic E-state index is 13.2. The predicted octanol–water partition coefficient (Wildman–Crippen LogP) is 4.29. The maximum atomic E-state index is 13.2. The Balaban J connectivity index is 0.000000921. The predicted molar refractivity (Wildman–Crippen MR) is 65.3 cm³/mol. The van der Waals surface area contributed by atoms with E-state index in [2.05, 4.69) is 0 Å². The summed E-state index contributed by atoms with van der Waals surface area (Å²) in [6.07, 6.45) is 1.63. The minimum atomic E-state index is -0.487. The number of rotatable bonds is 2. The topological polar surface area (TPSA) is 23.5 Å². The number of anilines is 1. The van der Waals surface area contributed by atoms with Crippen molar-refractivity contribution in [2.75, 3.05) is 10.7 Å². The molecule has 1 rings (SSSR count). The third-order valence-corrected chi connectivity index (χ3v) is 2.56. The molecule has 0 aliphatic heterocycles. The van der Waals surface area contributed by atoms with E-state index in [0.717, 1.165) is 16.4 Å². The van der Waals surface area contributed by atoms with Gasteiger partial charge in [-0.3, -0.25) is 5.21 Å². The number of halogens is 2. The summed E-state index contributed by atoms with van der Waals surface area (Å²) in [5, 5.41) is 9.66. The van der Waals surface area contributed by atoms with E-state index < -0.39 is 5.82 Å². The summed E-state index contributed by atoms with van der Waals surface area (Å²) in [5.41, 5.74) is 0.723. The fraction of sp³-hybridized carbons (Fsp3) is 0.400. The highest BCUT2D eigenvalue weighted by atomic mass is 35.5. The SMILES string of the molecule is CC.CSN(O)c1cc(Cl)c(C)cc1F. The Morgan fingerprint density at radius 1 is 1.40 bits per heavy atom. The largest absolute Gasteiger partial charge is 0.277 e. The molecule has 0 aromatic heterocycles. The van der Waals surface area contributed by atoms with Gasteiger partial charge in [0.1, 0.15) is 11.5 Å². The molecular weight excluding hydrogens is 237 g/mol. The summed E-state index contributed by atoms with van der Waals surface area (Å²) in [5.74, 6) is -0.487. The van der Waals surface area contributed by atoms with Crippen LogP contribution in [-0.2, 0) is 0 Å². The van der Waals surface area contributed by atoms with Crippen LogP contribution in [0.2, 0.25) is 5.02 Å². The number of benzene rings is 1. The van der Waals surface area contributed by atoms with Crippen molar-refractivity contribution in [2.24, 2.45) is 0 Å². The Bertz CT molecular complexity index is 323. The molecule has 1 N–H and O–H groups in total. The van der Waals surface area contributed by atoms with Crippen LogP contribution >= 0.6 is 23.5 Å². The van der Waals surface area contributed by atoms with E-state index in [1.54, 1.807) is 13.2 Å². The molecule has 2 nitrogen and oxygen atoms in total. The molecule has 0 spiro atoms. The summed E-state index contributed by atoms with van der Waals surface area (Å²) in [6, 6.07) is 2.68. The highest BCUT2D eigenvalue weighted by Gasteiger charge is 2.10. The van der Waals surface area contributed by atoms with Crippen LogP contribution in [0.25, 0.3) is 0 Å². The van der Waals surface area contributed by atoms with Gasteiger partial charge < -0.3 is 0 Å². The number of hydrogen-bond donors (Lipinski definition) is 1. The van der Waals surface area contributed by atoms with Crippen molar-refractivity contribution in [3.8, 4) is 0 Å². The van der Waals surface area contributed by atoms with Gasteiger partial charge in [0, 0.05) is 11.3 Å². The first-order chi connectivity index (χ1) is 7.06. The van der Waals surface area contributed by atoms with Crippen LogP contribution in [0.15, 0.2) is 12.1 Å². The normalized spacial score (nSPS) is 9.27. The molecule has 0 fully saturated rings.